The molecule has 0 fully saturated rings. The second-order valence-corrected chi connectivity index (χ2v) is 5.17. The number of aryl methyl sites for hydroxylation is 1. The molecule has 1 aromatic heterocycles. The number of hydrogen-bond acceptors (Lipinski definition) is 5. The number of methoxy groups -OCH3 is 1. The van der Waals surface area contributed by atoms with Gasteiger partial charge in [0.15, 0.2) is 5.69 Å². The van der Waals surface area contributed by atoms with Crippen molar-refractivity contribution in [2.45, 2.75) is 13.5 Å². The van der Waals surface area contributed by atoms with E-state index in [-0.39, 0.29) is 12.3 Å². The first-order valence-electron chi connectivity index (χ1n) is 7.18. The van der Waals surface area contributed by atoms with Crippen molar-refractivity contribution >= 4 is 16.7 Å². The third-order valence-corrected chi connectivity index (χ3v) is 3.47. The Kier molecular flexibility index (Phi) is 4.19. The highest BCUT2D eigenvalue weighted by Gasteiger charge is 2.09. The van der Waals surface area contributed by atoms with Gasteiger partial charge in [0.05, 0.1) is 19.0 Å². The van der Waals surface area contributed by atoms with Crippen molar-refractivity contribution in [1.29, 1.82) is 0 Å². The molecule has 0 aliphatic heterocycles. The van der Waals surface area contributed by atoms with Gasteiger partial charge in [-0.3, -0.25) is 4.98 Å². The highest BCUT2D eigenvalue weighted by atomic mass is 16.5. The van der Waals surface area contributed by atoms with E-state index in [1.807, 2.05) is 43.3 Å². The maximum atomic E-state index is 11.9. The molecule has 0 atom stereocenters. The smallest absolute Gasteiger partial charge is 0.358 e. The van der Waals surface area contributed by atoms with Crippen LogP contribution in [-0.4, -0.2) is 23.0 Å². The summed E-state index contributed by atoms with van der Waals surface area (Å²) in [6.45, 7) is 2.00. The first kappa shape index (κ1) is 15.0. The third-order valence-electron chi connectivity index (χ3n) is 3.47. The lowest BCUT2D eigenvalue weighted by molar-refractivity contribution is 0.0465. The second-order valence-electron chi connectivity index (χ2n) is 5.17. The third kappa shape index (κ3) is 3.45. The Labute approximate surface area is 133 Å². The average Bonchev–Trinajstić information content (AvgIpc) is 2.59. The minimum absolute atomic E-state index is 0.191. The molecule has 116 valence electrons. The highest BCUT2D eigenvalue weighted by molar-refractivity contribution is 5.87. The molecule has 5 heteroatoms. The standard InChI is InChI=1S/C18H16N2O3/c1-12-9-20-17(10-19-12)18(21)23-11-13-3-4-15-8-16(22-2)6-5-14(15)7-13/h3-10H,11H2,1-2H3. The molecule has 1 heterocycles. The molecule has 5 nitrogen and oxygen atoms in total. The molecule has 0 amide bonds. The molecule has 3 aromatic rings. The van der Waals surface area contributed by atoms with E-state index in [9.17, 15) is 4.79 Å². The van der Waals surface area contributed by atoms with Crippen LogP contribution >= 0.6 is 0 Å². The largest absolute Gasteiger partial charge is 0.497 e. The number of hydrogen-bond donors (Lipinski definition) is 0. The van der Waals surface area contributed by atoms with Crippen LogP contribution in [0, 0.1) is 6.92 Å². The fraction of sp³-hybridized carbons (Fsp3) is 0.167. The van der Waals surface area contributed by atoms with Gasteiger partial charge in [-0.2, -0.15) is 0 Å². The van der Waals surface area contributed by atoms with Gasteiger partial charge in [-0.1, -0.05) is 18.2 Å². The summed E-state index contributed by atoms with van der Waals surface area (Å²) in [7, 11) is 1.64. The predicted molar refractivity (Wildman–Crippen MR) is 86.4 cm³/mol. The Bertz CT molecular complexity index is 845. The maximum absolute atomic E-state index is 11.9. The first-order chi connectivity index (χ1) is 11.2. The lowest BCUT2D eigenvalue weighted by Gasteiger charge is -2.07. The Balaban J connectivity index is 1.71. The summed E-state index contributed by atoms with van der Waals surface area (Å²) in [6.07, 6.45) is 2.96. The van der Waals surface area contributed by atoms with Crippen molar-refractivity contribution < 1.29 is 14.3 Å². The Morgan fingerprint density at radius 2 is 1.83 bits per heavy atom. The molecule has 0 aliphatic carbocycles. The van der Waals surface area contributed by atoms with Gasteiger partial charge in [-0.15, -0.1) is 0 Å². The van der Waals surface area contributed by atoms with Gasteiger partial charge >= 0.3 is 5.97 Å². The van der Waals surface area contributed by atoms with Gasteiger partial charge in [-0.05, 0) is 41.5 Å². The molecule has 2 aromatic carbocycles. The van der Waals surface area contributed by atoms with Crippen LogP contribution in [0.2, 0.25) is 0 Å². The van der Waals surface area contributed by atoms with Gasteiger partial charge in [0.1, 0.15) is 12.4 Å². The number of aromatic nitrogens is 2. The Morgan fingerprint density at radius 3 is 2.57 bits per heavy atom. The fourth-order valence-corrected chi connectivity index (χ4v) is 2.21. The van der Waals surface area contributed by atoms with E-state index < -0.39 is 5.97 Å². The number of rotatable bonds is 4. The van der Waals surface area contributed by atoms with Crippen LogP contribution < -0.4 is 4.74 Å². The molecule has 0 aliphatic rings. The summed E-state index contributed by atoms with van der Waals surface area (Å²) in [4.78, 5) is 20.0. The molecule has 0 bridgehead atoms. The number of esters is 1. The number of carbonyl (C=O) groups excluding carboxylic acids is 1. The van der Waals surface area contributed by atoms with Crippen molar-refractivity contribution in [3.63, 3.8) is 0 Å². The molecule has 0 N–H and O–H groups in total. The zero-order chi connectivity index (χ0) is 16.2. The fourth-order valence-electron chi connectivity index (χ4n) is 2.21. The summed E-state index contributed by atoms with van der Waals surface area (Å²) < 4.78 is 10.5. The molecule has 3 rings (SSSR count). The lowest BCUT2D eigenvalue weighted by Crippen LogP contribution is -2.08. The number of nitrogens with zero attached hydrogens (tertiary/aromatic N) is 2. The van der Waals surface area contributed by atoms with Gasteiger partial charge in [-0.25, -0.2) is 9.78 Å². The predicted octanol–water partition coefficient (Wildman–Crippen LogP) is 3.30. The van der Waals surface area contributed by atoms with Gasteiger partial charge in [0, 0.05) is 6.20 Å². The van der Waals surface area contributed by atoms with E-state index in [2.05, 4.69) is 9.97 Å². The Morgan fingerprint density at radius 1 is 1.04 bits per heavy atom. The summed E-state index contributed by atoms with van der Waals surface area (Å²) in [6, 6.07) is 11.7. The minimum Gasteiger partial charge on any atom is -0.497 e. The van der Waals surface area contributed by atoms with E-state index in [4.69, 9.17) is 9.47 Å². The van der Waals surface area contributed by atoms with Crippen molar-refractivity contribution in [2.75, 3.05) is 7.11 Å². The van der Waals surface area contributed by atoms with Crippen LogP contribution in [0.3, 0.4) is 0 Å². The normalized spacial score (nSPS) is 10.5. The van der Waals surface area contributed by atoms with Crippen LogP contribution in [0.4, 0.5) is 0 Å². The molecular formula is C18H16N2O3. The van der Waals surface area contributed by atoms with E-state index in [0.717, 1.165) is 27.8 Å². The molecule has 0 saturated heterocycles. The lowest BCUT2D eigenvalue weighted by atomic mass is 10.1. The molecule has 0 spiro atoms. The van der Waals surface area contributed by atoms with E-state index >= 15 is 0 Å². The first-order valence-corrected chi connectivity index (χ1v) is 7.18. The van der Waals surface area contributed by atoms with Crippen molar-refractivity contribution in [3.05, 3.63) is 65.7 Å². The molecule has 23 heavy (non-hydrogen) atoms. The van der Waals surface area contributed by atoms with Gasteiger partial charge in [0.2, 0.25) is 0 Å². The number of fused-ring (bicyclic) bond motifs is 1. The minimum atomic E-state index is -0.479. The summed E-state index contributed by atoms with van der Waals surface area (Å²) in [5.41, 5.74) is 1.88. The molecular weight excluding hydrogens is 292 g/mol. The summed E-state index contributed by atoms with van der Waals surface area (Å²) in [5, 5.41) is 2.14. The summed E-state index contributed by atoms with van der Waals surface area (Å²) >= 11 is 0. The Hall–Kier alpha value is -2.95. The maximum Gasteiger partial charge on any atom is 0.358 e. The van der Waals surface area contributed by atoms with Crippen molar-refractivity contribution in [2.24, 2.45) is 0 Å². The number of carbonyl (C=O) groups is 1. The van der Waals surface area contributed by atoms with Gasteiger partial charge in [0.25, 0.3) is 0 Å². The number of benzene rings is 2. The van der Waals surface area contributed by atoms with Crippen LogP contribution in [0.25, 0.3) is 10.8 Å². The molecule has 0 saturated carbocycles. The topological polar surface area (TPSA) is 61.3 Å². The molecule has 0 radical (unpaired) electrons. The van der Waals surface area contributed by atoms with Crippen LogP contribution in [0.1, 0.15) is 21.7 Å². The van der Waals surface area contributed by atoms with E-state index in [1.54, 1.807) is 13.3 Å². The number of ether oxygens (including phenoxy) is 2. The summed E-state index contributed by atoms with van der Waals surface area (Å²) in [5.74, 6) is 0.335. The molecule has 0 unspecified atom stereocenters. The van der Waals surface area contributed by atoms with Crippen molar-refractivity contribution in [1.82, 2.24) is 9.97 Å². The van der Waals surface area contributed by atoms with E-state index in [0.29, 0.717) is 0 Å². The van der Waals surface area contributed by atoms with E-state index in [1.165, 1.54) is 6.20 Å². The quantitative estimate of drug-likeness (QED) is 0.692. The highest BCUT2D eigenvalue weighted by Crippen LogP contribution is 2.22. The zero-order valence-corrected chi connectivity index (χ0v) is 12.9. The average molecular weight is 308 g/mol. The van der Waals surface area contributed by atoms with Crippen LogP contribution in [0.5, 0.6) is 5.75 Å². The van der Waals surface area contributed by atoms with Crippen LogP contribution in [-0.2, 0) is 11.3 Å². The second kappa shape index (κ2) is 6.44. The monoisotopic (exact) mass is 308 g/mol. The SMILES string of the molecule is COc1ccc2cc(COC(=O)c3cnc(C)cn3)ccc2c1. The van der Waals surface area contributed by atoms with Crippen LogP contribution in [0.15, 0.2) is 48.8 Å². The van der Waals surface area contributed by atoms with Gasteiger partial charge < -0.3 is 9.47 Å². The zero-order valence-electron chi connectivity index (χ0n) is 12.9. The van der Waals surface area contributed by atoms with Crippen molar-refractivity contribution in [3.8, 4) is 5.75 Å².